The van der Waals surface area contributed by atoms with Crippen LogP contribution in [0.15, 0.2) is 49.1 Å². The van der Waals surface area contributed by atoms with Gasteiger partial charge in [0.05, 0.1) is 50.8 Å². The summed E-state index contributed by atoms with van der Waals surface area (Å²) in [6, 6.07) is 6.92. The number of aliphatic hydroxyl groups excluding tert-OH is 1. The molecule has 3 aromatic heterocycles. The number of ether oxygens (including phenoxy) is 2. The second kappa shape index (κ2) is 8.47. The normalized spacial score (nSPS) is 14.8. The topological polar surface area (TPSA) is 116 Å². The average molecular weight is 469 g/mol. The van der Waals surface area contributed by atoms with E-state index in [-0.39, 0.29) is 12.5 Å². The lowest BCUT2D eigenvalue weighted by Gasteiger charge is -2.39. The number of benzene rings is 1. The minimum Gasteiger partial charge on any atom is -0.496 e. The first kappa shape index (κ1) is 21.4. The van der Waals surface area contributed by atoms with E-state index in [2.05, 4.69) is 15.4 Å². The van der Waals surface area contributed by atoms with Gasteiger partial charge < -0.3 is 19.9 Å². The van der Waals surface area contributed by atoms with Crippen molar-refractivity contribution >= 4 is 28.8 Å². The Kier molecular flexibility index (Phi) is 5.49. The number of amides is 1. The van der Waals surface area contributed by atoms with Crippen LogP contribution in [0.3, 0.4) is 0 Å². The molecule has 1 aliphatic rings. The summed E-state index contributed by atoms with van der Waals surface area (Å²) in [5.74, 6) is 0.177. The van der Waals surface area contributed by atoms with E-state index in [1.54, 1.807) is 54.6 Å². The Hall–Kier alpha value is -3.47. The third kappa shape index (κ3) is 3.92. The molecule has 1 aliphatic heterocycles. The molecule has 1 saturated heterocycles. The molecule has 0 unspecified atom stereocenters. The molecule has 2 N–H and O–H groups in total. The SMILES string of the molecule is COc1ccc(Cl)cc1-c1nn(CC2(CO)COC2)cc1NC(=O)c1cnn2cccnc12. The molecule has 1 fully saturated rings. The first-order valence-electron chi connectivity index (χ1n) is 10.2. The highest BCUT2D eigenvalue weighted by molar-refractivity contribution is 6.31. The van der Waals surface area contributed by atoms with Gasteiger partial charge in [-0.05, 0) is 24.3 Å². The number of fused-ring (bicyclic) bond motifs is 1. The van der Waals surface area contributed by atoms with Crippen molar-refractivity contribution in [1.29, 1.82) is 0 Å². The highest BCUT2D eigenvalue weighted by Gasteiger charge is 2.39. The molecule has 0 bridgehead atoms. The van der Waals surface area contributed by atoms with Crippen LogP contribution in [0.5, 0.6) is 5.75 Å². The number of hydrogen-bond acceptors (Lipinski definition) is 7. The zero-order valence-electron chi connectivity index (χ0n) is 17.7. The van der Waals surface area contributed by atoms with Crippen molar-refractivity contribution < 1.29 is 19.4 Å². The summed E-state index contributed by atoms with van der Waals surface area (Å²) in [5.41, 5.74) is 1.93. The number of anilines is 1. The summed E-state index contributed by atoms with van der Waals surface area (Å²) >= 11 is 6.25. The Morgan fingerprint density at radius 3 is 2.97 bits per heavy atom. The maximum atomic E-state index is 13.2. The first-order valence-corrected chi connectivity index (χ1v) is 10.6. The number of hydrogen-bond donors (Lipinski definition) is 2. The molecule has 4 aromatic rings. The first-order chi connectivity index (χ1) is 16.0. The molecule has 1 amide bonds. The van der Waals surface area contributed by atoms with Crippen molar-refractivity contribution in [1.82, 2.24) is 24.4 Å². The smallest absolute Gasteiger partial charge is 0.261 e. The van der Waals surface area contributed by atoms with Crippen LogP contribution < -0.4 is 10.1 Å². The van der Waals surface area contributed by atoms with Crippen molar-refractivity contribution in [3.05, 3.63) is 59.6 Å². The van der Waals surface area contributed by atoms with Crippen LogP contribution in [-0.2, 0) is 11.3 Å². The van der Waals surface area contributed by atoms with E-state index in [0.29, 0.717) is 58.7 Å². The number of halogens is 1. The molecule has 11 heteroatoms. The second-order valence-corrected chi connectivity index (χ2v) is 8.42. The standard InChI is InChI=1S/C22H21ClN6O4/c1-32-18-4-3-14(23)7-15(18)19-17(9-28(27-19)10-22(11-30)12-33-13-22)26-21(31)16-8-25-29-6-2-5-24-20(16)29/h2-9,30H,10-13H2,1H3,(H,26,31). The van der Waals surface area contributed by atoms with Gasteiger partial charge in [0.25, 0.3) is 5.91 Å². The van der Waals surface area contributed by atoms with Crippen LogP contribution in [0.1, 0.15) is 10.4 Å². The van der Waals surface area contributed by atoms with Crippen molar-refractivity contribution in [2.24, 2.45) is 5.41 Å². The maximum Gasteiger partial charge on any atom is 0.261 e. The van der Waals surface area contributed by atoms with Crippen LogP contribution in [0, 0.1) is 5.41 Å². The van der Waals surface area contributed by atoms with Gasteiger partial charge in [-0.3, -0.25) is 9.48 Å². The largest absolute Gasteiger partial charge is 0.496 e. The van der Waals surface area contributed by atoms with Gasteiger partial charge >= 0.3 is 0 Å². The van der Waals surface area contributed by atoms with Crippen LogP contribution in [-0.4, -0.2) is 62.3 Å². The minimum absolute atomic E-state index is 0.0293. The predicted molar refractivity (Wildman–Crippen MR) is 121 cm³/mol. The maximum absolute atomic E-state index is 13.2. The Morgan fingerprint density at radius 1 is 1.39 bits per heavy atom. The lowest BCUT2D eigenvalue weighted by molar-refractivity contribution is -0.146. The fourth-order valence-electron chi connectivity index (χ4n) is 3.80. The molecule has 10 nitrogen and oxygen atoms in total. The minimum atomic E-state index is -0.407. The fraction of sp³-hybridized carbons (Fsp3) is 0.273. The number of nitrogens with zero attached hydrogens (tertiary/aromatic N) is 5. The average Bonchev–Trinajstić information content (AvgIpc) is 3.40. The molecule has 33 heavy (non-hydrogen) atoms. The van der Waals surface area contributed by atoms with Crippen molar-refractivity contribution in [3.8, 4) is 17.0 Å². The van der Waals surface area contributed by atoms with Gasteiger partial charge in [-0.25, -0.2) is 9.50 Å². The zero-order valence-corrected chi connectivity index (χ0v) is 18.5. The highest BCUT2D eigenvalue weighted by Crippen LogP contribution is 2.37. The lowest BCUT2D eigenvalue weighted by Crippen LogP contribution is -2.48. The van der Waals surface area contributed by atoms with Gasteiger partial charge in [0, 0.05) is 29.2 Å². The fourth-order valence-corrected chi connectivity index (χ4v) is 3.97. The third-order valence-electron chi connectivity index (χ3n) is 5.60. The number of rotatable bonds is 7. The molecule has 1 aromatic carbocycles. The van der Waals surface area contributed by atoms with Crippen LogP contribution in [0.25, 0.3) is 16.9 Å². The zero-order chi connectivity index (χ0) is 23.0. The number of carbonyl (C=O) groups excluding carboxylic acids is 1. The second-order valence-electron chi connectivity index (χ2n) is 7.98. The Labute approximate surface area is 193 Å². The van der Waals surface area contributed by atoms with Gasteiger partial charge in [-0.1, -0.05) is 11.6 Å². The number of methoxy groups -OCH3 is 1. The molecular formula is C22H21ClN6O4. The van der Waals surface area contributed by atoms with Crippen molar-refractivity contribution in [2.45, 2.75) is 6.54 Å². The highest BCUT2D eigenvalue weighted by atomic mass is 35.5. The number of carbonyl (C=O) groups is 1. The Balaban J connectivity index is 1.55. The van der Waals surface area contributed by atoms with Gasteiger partial charge in [-0.15, -0.1) is 0 Å². The van der Waals surface area contributed by atoms with Crippen LogP contribution >= 0.6 is 11.6 Å². The molecule has 170 valence electrons. The van der Waals surface area contributed by atoms with E-state index in [1.165, 1.54) is 10.7 Å². The monoisotopic (exact) mass is 468 g/mol. The predicted octanol–water partition coefficient (Wildman–Crippen LogP) is 2.52. The summed E-state index contributed by atoms with van der Waals surface area (Å²) in [6.45, 7) is 1.27. The number of nitrogens with one attached hydrogen (secondary N) is 1. The molecule has 0 aliphatic carbocycles. The number of aliphatic hydroxyl groups is 1. The molecule has 0 spiro atoms. The molecule has 5 rings (SSSR count). The Morgan fingerprint density at radius 2 is 2.24 bits per heavy atom. The summed E-state index contributed by atoms with van der Waals surface area (Å²) < 4.78 is 14.0. The summed E-state index contributed by atoms with van der Waals surface area (Å²) in [4.78, 5) is 17.4. The van der Waals surface area contributed by atoms with E-state index in [9.17, 15) is 9.90 Å². The summed E-state index contributed by atoms with van der Waals surface area (Å²) in [5, 5.41) is 22.1. The van der Waals surface area contributed by atoms with Gasteiger partial charge in [0.15, 0.2) is 5.65 Å². The summed E-state index contributed by atoms with van der Waals surface area (Å²) in [7, 11) is 1.55. The quantitative estimate of drug-likeness (QED) is 0.428. The Bertz CT molecular complexity index is 1320. The van der Waals surface area contributed by atoms with Gasteiger partial charge in [0.1, 0.15) is 17.0 Å². The van der Waals surface area contributed by atoms with E-state index < -0.39 is 5.41 Å². The van der Waals surface area contributed by atoms with E-state index in [4.69, 9.17) is 26.2 Å². The molecular weight excluding hydrogens is 448 g/mol. The van der Waals surface area contributed by atoms with Crippen molar-refractivity contribution in [3.63, 3.8) is 0 Å². The lowest BCUT2D eigenvalue weighted by atomic mass is 9.87. The molecule has 4 heterocycles. The van der Waals surface area contributed by atoms with E-state index in [0.717, 1.165) is 0 Å². The molecule has 0 radical (unpaired) electrons. The van der Waals surface area contributed by atoms with Crippen molar-refractivity contribution in [2.75, 3.05) is 32.2 Å². The summed E-state index contributed by atoms with van der Waals surface area (Å²) in [6.07, 6.45) is 6.51. The van der Waals surface area contributed by atoms with Gasteiger partial charge in [0.2, 0.25) is 0 Å². The van der Waals surface area contributed by atoms with E-state index in [1.807, 2.05) is 0 Å². The van der Waals surface area contributed by atoms with Crippen LogP contribution in [0.4, 0.5) is 5.69 Å². The number of aromatic nitrogens is 5. The third-order valence-corrected chi connectivity index (χ3v) is 5.83. The molecule has 0 saturated carbocycles. The van der Waals surface area contributed by atoms with E-state index >= 15 is 0 Å². The molecule has 0 atom stereocenters. The van der Waals surface area contributed by atoms with Crippen LogP contribution in [0.2, 0.25) is 5.02 Å². The van der Waals surface area contributed by atoms with Gasteiger partial charge in [-0.2, -0.15) is 10.2 Å².